The minimum absolute atomic E-state index is 0.109. The molecule has 0 unspecified atom stereocenters. The van der Waals surface area contributed by atoms with Crippen LogP contribution in [0.25, 0.3) is 11.4 Å². The predicted octanol–water partition coefficient (Wildman–Crippen LogP) is 3.48. The molecule has 9 nitrogen and oxygen atoms in total. The zero-order chi connectivity index (χ0) is 24.8. The number of nitrogens with one attached hydrogen (secondary N) is 1. The van der Waals surface area contributed by atoms with Crippen molar-refractivity contribution in [2.24, 2.45) is 0 Å². The molecule has 0 radical (unpaired) electrons. The lowest BCUT2D eigenvalue weighted by atomic mass is 10.1. The molecule has 3 aromatic rings. The molecule has 1 aromatic heterocycles. The minimum Gasteiger partial charge on any atom is -0.496 e. The molecule has 35 heavy (non-hydrogen) atoms. The third kappa shape index (κ3) is 6.07. The number of carbonyl (C=O) groups excluding carboxylic acids is 1. The fourth-order valence-corrected chi connectivity index (χ4v) is 5.59. The van der Waals surface area contributed by atoms with Crippen molar-refractivity contribution in [3.8, 4) is 17.1 Å². The van der Waals surface area contributed by atoms with Crippen molar-refractivity contribution in [3.63, 3.8) is 0 Å². The molecule has 0 atom stereocenters. The molecule has 1 aliphatic rings. The number of ether oxygens (including phenoxy) is 1. The van der Waals surface area contributed by atoms with Crippen LogP contribution >= 0.6 is 0 Å². The lowest BCUT2D eigenvalue weighted by molar-refractivity contribution is -0.121. The summed E-state index contributed by atoms with van der Waals surface area (Å²) in [7, 11) is -2.04. The molecule has 10 heteroatoms. The smallest absolute Gasteiger partial charge is 0.246 e. The highest BCUT2D eigenvalue weighted by Gasteiger charge is 2.26. The number of piperidine rings is 1. The van der Waals surface area contributed by atoms with Crippen molar-refractivity contribution in [1.82, 2.24) is 19.8 Å². The molecule has 1 amide bonds. The Morgan fingerprint density at radius 3 is 2.57 bits per heavy atom. The monoisotopic (exact) mass is 498 g/mol. The van der Waals surface area contributed by atoms with Gasteiger partial charge in [-0.05, 0) is 49.9 Å². The van der Waals surface area contributed by atoms with Gasteiger partial charge in [-0.2, -0.15) is 9.29 Å². The summed E-state index contributed by atoms with van der Waals surface area (Å²) >= 11 is 0. The maximum absolute atomic E-state index is 13.0. The van der Waals surface area contributed by atoms with E-state index in [1.165, 1.54) is 11.4 Å². The van der Waals surface area contributed by atoms with Crippen molar-refractivity contribution >= 4 is 15.9 Å². The first kappa shape index (κ1) is 24.9. The molecule has 0 bridgehead atoms. The average molecular weight is 499 g/mol. The van der Waals surface area contributed by atoms with Crippen molar-refractivity contribution < 1.29 is 22.5 Å². The van der Waals surface area contributed by atoms with Crippen LogP contribution in [0.3, 0.4) is 0 Å². The van der Waals surface area contributed by atoms with E-state index in [9.17, 15) is 13.2 Å². The van der Waals surface area contributed by atoms with Gasteiger partial charge in [-0.15, -0.1) is 0 Å². The van der Waals surface area contributed by atoms with E-state index in [0.29, 0.717) is 42.5 Å². The first-order valence-corrected chi connectivity index (χ1v) is 13.1. The summed E-state index contributed by atoms with van der Waals surface area (Å²) in [6.07, 6.45) is 3.27. The summed E-state index contributed by atoms with van der Waals surface area (Å²) in [5.74, 6) is 1.10. The summed E-state index contributed by atoms with van der Waals surface area (Å²) in [5.41, 5.74) is 2.64. The zero-order valence-corrected chi connectivity index (χ0v) is 20.8. The SMILES string of the molecule is COc1ccc(S(=O)(=O)N2CCCCC2)cc1CCC(=O)NCc1nc(-c2ccc(C)cc2)no1. The maximum atomic E-state index is 13.0. The molecule has 0 spiro atoms. The Morgan fingerprint density at radius 2 is 1.86 bits per heavy atom. The van der Waals surface area contributed by atoms with Gasteiger partial charge in [0.1, 0.15) is 5.75 Å². The number of sulfonamides is 1. The predicted molar refractivity (Wildman–Crippen MR) is 130 cm³/mol. The van der Waals surface area contributed by atoms with Crippen LogP contribution in [0.5, 0.6) is 5.75 Å². The fraction of sp³-hybridized carbons (Fsp3) is 0.400. The molecule has 4 rings (SSSR count). The molecular weight excluding hydrogens is 468 g/mol. The molecule has 1 fully saturated rings. The van der Waals surface area contributed by atoms with Crippen LogP contribution in [0.4, 0.5) is 0 Å². The van der Waals surface area contributed by atoms with Crippen LogP contribution in [0.2, 0.25) is 0 Å². The van der Waals surface area contributed by atoms with Gasteiger partial charge in [0, 0.05) is 25.1 Å². The standard InChI is InChI=1S/C25H30N4O5S/c1-18-6-8-19(9-7-18)25-27-24(34-28-25)17-26-23(30)13-10-20-16-21(11-12-22(20)33-2)35(31,32)29-14-4-3-5-15-29/h6-9,11-12,16H,3-5,10,13-15,17H2,1-2H3,(H,26,30). The number of aryl methyl sites for hydroxylation is 2. The minimum atomic E-state index is -3.57. The fourth-order valence-electron chi connectivity index (χ4n) is 4.02. The van der Waals surface area contributed by atoms with Gasteiger partial charge in [-0.25, -0.2) is 8.42 Å². The number of hydrogen-bond donors (Lipinski definition) is 1. The number of rotatable bonds is 9. The van der Waals surface area contributed by atoms with Crippen LogP contribution in [-0.2, 0) is 27.8 Å². The van der Waals surface area contributed by atoms with E-state index in [1.54, 1.807) is 18.2 Å². The number of benzene rings is 2. The van der Waals surface area contributed by atoms with E-state index in [2.05, 4.69) is 15.5 Å². The molecule has 0 aliphatic carbocycles. The van der Waals surface area contributed by atoms with E-state index >= 15 is 0 Å². The highest BCUT2D eigenvalue weighted by molar-refractivity contribution is 7.89. The van der Waals surface area contributed by atoms with Crippen molar-refractivity contribution in [1.29, 1.82) is 0 Å². The Kier molecular flexibility index (Phi) is 7.82. The lowest BCUT2D eigenvalue weighted by Gasteiger charge is -2.26. The molecule has 1 saturated heterocycles. The van der Waals surface area contributed by atoms with Crippen LogP contribution in [0.1, 0.15) is 42.7 Å². The van der Waals surface area contributed by atoms with Crippen LogP contribution in [0, 0.1) is 6.92 Å². The third-order valence-electron chi connectivity index (χ3n) is 6.04. The number of aromatic nitrogens is 2. The Balaban J connectivity index is 1.36. The lowest BCUT2D eigenvalue weighted by Crippen LogP contribution is -2.35. The summed E-state index contributed by atoms with van der Waals surface area (Å²) in [6, 6.07) is 12.6. The topological polar surface area (TPSA) is 115 Å². The second-order valence-corrected chi connectivity index (χ2v) is 10.5. The normalized spacial score (nSPS) is 14.6. The second kappa shape index (κ2) is 11.0. The molecular formula is C25H30N4O5S. The van der Waals surface area contributed by atoms with E-state index in [0.717, 1.165) is 30.4 Å². The number of hydrogen-bond acceptors (Lipinski definition) is 7. The van der Waals surface area contributed by atoms with Gasteiger partial charge in [-0.3, -0.25) is 4.79 Å². The first-order valence-electron chi connectivity index (χ1n) is 11.7. The Hall–Kier alpha value is -3.24. The molecule has 1 N–H and O–H groups in total. The van der Waals surface area contributed by atoms with Gasteiger partial charge in [0.05, 0.1) is 18.6 Å². The van der Waals surface area contributed by atoms with Crippen LogP contribution in [-0.4, -0.2) is 49.0 Å². The summed E-state index contributed by atoms with van der Waals surface area (Å²) in [6.45, 7) is 3.18. The molecule has 2 aromatic carbocycles. The van der Waals surface area contributed by atoms with Gasteiger partial charge in [0.15, 0.2) is 0 Å². The van der Waals surface area contributed by atoms with E-state index in [1.807, 2.05) is 31.2 Å². The van der Waals surface area contributed by atoms with E-state index in [4.69, 9.17) is 9.26 Å². The average Bonchev–Trinajstić information content (AvgIpc) is 3.36. The highest BCUT2D eigenvalue weighted by atomic mass is 32.2. The number of amides is 1. The second-order valence-electron chi connectivity index (χ2n) is 8.59. The zero-order valence-electron chi connectivity index (χ0n) is 20.0. The Bertz CT molecular complexity index is 1270. The summed E-state index contributed by atoms with van der Waals surface area (Å²) in [5, 5.41) is 6.74. The molecule has 1 aliphatic heterocycles. The van der Waals surface area contributed by atoms with Crippen LogP contribution < -0.4 is 10.1 Å². The van der Waals surface area contributed by atoms with Gasteiger partial charge in [0.25, 0.3) is 0 Å². The Labute approximate surface area is 205 Å². The van der Waals surface area contributed by atoms with Gasteiger partial charge < -0.3 is 14.6 Å². The highest BCUT2D eigenvalue weighted by Crippen LogP contribution is 2.27. The van der Waals surface area contributed by atoms with E-state index < -0.39 is 10.0 Å². The van der Waals surface area contributed by atoms with Crippen molar-refractivity contribution in [3.05, 3.63) is 59.5 Å². The van der Waals surface area contributed by atoms with Crippen molar-refractivity contribution in [2.75, 3.05) is 20.2 Å². The molecule has 2 heterocycles. The summed E-state index contributed by atoms with van der Waals surface area (Å²) in [4.78, 5) is 17.0. The molecule has 186 valence electrons. The Morgan fingerprint density at radius 1 is 1.11 bits per heavy atom. The van der Waals surface area contributed by atoms with Gasteiger partial charge in [-0.1, -0.05) is 41.4 Å². The number of nitrogens with zero attached hydrogens (tertiary/aromatic N) is 3. The summed E-state index contributed by atoms with van der Waals surface area (Å²) < 4.78 is 38.3. The maximum Gasteiger partial charge on any atom is 0.246 e. The van der Waals surface area contributed by atoms with Gasteiger partial charge in [0.2, 0.25) is 27.6 Å². The molecule has 0 saturated carbocycles. The third-order valence-corrected chi connectivity index (χ3v) is 7.94. The largest absolute Gasteiger partial charge is 0.496 e. The van der Waals surface area contributed by atoms with E-state index in [-0.39, 0.29) is 23.8 Å². The number of carbonyl (C=O) groups is 1. The van der Waals surface area contributed by atoms with Crippen molar-refractivity contribution in [2.45, 2.75) is 50.5 Å². The first-order chi connectivity index (χ1) is 16.9. The van der Waals surface area contributed by atoms with Gasteiger partial charge >= 0.3 is 0 Å². The quantitative estimate of drug-likeness (QED) is 0.480. The number of methoxy groups -OCH3 is 1. The van der Waals surface area contributed by atoms with Crippen LogP contribution in [0.15, 0.2) is 51.9 Å².